The minimum atomic E-state index is 0.482. The van der Waals surface area contributed by atoms with Crippen LogP contribution in [0, 0.1) is 0 Å². The van der Waals surface area contributed by atoms with Crippen LogP contribution in [-0.4, -0.2) is 34.8 Å². The van der Waals surface area contributed by atoms with Crippen LogP contribution in [0.25, 0.3) is 16.9 Å². The molecule has 0 fully saturated rings. The molecule has 0 bridgehead atoms. The number of hydrogen-bond donors (Lipinski definition) is 2. The number of benzene rings is 2. The highest BCUT2D eigenvalue weighted by Crippen LogP contribution is 2.24. The smallest absolute Gasteiger partial charge is 0.186 e. The normalized spacial score (nSPS) is 10.7. The summed E-state index contributed by atoms with van der Waals surface area (Å²) in [6.45, 7) is 2.72. The molecule has 0 aliphatic carbocycles. The van der Waals surface area contributed by atoms with Crippen molar-refractivity contribution in [2.45, 2.75) is 6.92 Å². The third-order valence-electron chi connectivity index (χ3n) is 3.83. The van der Waals surface area contributed by atoms with Crippen LogP contribution in [0.5, 0.6) is 5.75 Å². The lowest BCUT2D eigenvalue weighted by Crippen LogP contribution is -2.31. The topological polar surface area (TPSA) is 63.5 Å². The fourth-order valence-corrected chi connectivity index (χ4v) is 2.73. The Kier molecular flexibility index (Phi) is 6.17. The van der Waals surface area contributed by atoms with Crippen LogP contribution in [-0.2, 0) is 0 Å². The first-order valence-electron chi connectivity index (χ1n) is 8.57. The summed E-state index contributed by atoms with van der Waals surface area (Å²) in [4.78, 5) is 0. The van der Waals surface area contributed by atoms with Crippen molar-refractivity contribution in [1.29, 1.82) is 0 Å². The van der Waals surface area contributed by atoms with Gasteiger partial charge in [0.25, 0.3) is 0 Å². The van der Waals surface area contributed by atoms with Gasteiger partial charge in [0.2, 0.25) is 0 Å². The molecule has 0 aliphatic heterocycles. The molecule has 0 unspecified atom stereocenters. The highest BCUT2D eigenvalue weighted by molar-refractivity contribution is 7.80. The van der Waals surface area contributed by atoms with E-state index in [1.54, 1.807) is 13.3 Å². The summed E-state index contributed by atoms with van der Waals surface area (Å²) in [6, 6.07) is 17.7. The van der Waals surface area contributed by atoms with Crippen molar-refractivity contribution >= 4 is 23.5 Å². The van der Waals surface area contributed by atoms with Gasteiger partial charge in [-0.15, -0.1) is 0 Å². The number of rotatable bonds is 6. The number of ether oxygens (including phenoxy) is 1. The lowest BCUT2D eigenvalue weighted by Gasteiger charge is -2.03. The Labute approximate surface area is 163 Å². The van der Waals surface area contributed by atoms with Crippen molar-refractivity contribution < 1.29 is 4.74 Å². The molecule has 0 amide bonds. The molecule has 6 nitrogen and oxygen atoms in total. The predicted molar refractivity (Wildman–Crippen MR) is 113 cm³/mol. The highest BCUT2D eigenvalue weighted by Gasteiger charge is 2.11. The van der Waals surface area contributed by atoms with Gasteiger partial charge >= 0.3 is 0 Å². The number of aromatic nitrogens is 2. The number of nitrogens with zero attached hydrogens (tertiary/aromatic N) is 3. The minimum absolute atomic E-state index is 0.482. The molecule has 0 saturated heterocycles. The summed E-state index contributed by atoms with van der Waals surface area (Å²) in [6.07, 6.45) is 3.66. The Hall–Kier alpha value is -3.19. The molecule has 2 aromatic carbocycles. The summed E-state index contributed by atoms with van der Waals surface area (Å²) in [5.41, 5.74) is 6.45. The maximum Gasteiger partial charge on any atom is 0.186 e. The summed E-state index contributed by atoms with van der Waals surface area (Å²) >= 11 is 5.13. The van der Waals surface area contributed by atoms with Crippen LogP contribution >= 0.6 is 12.2 Å². The highest BCUT2D eigenvalue weighted by atomic mass is 32.1. The van der Waals surface area contributed by atoms with Crippen LogP contribution in [0.15, 0.2) is 65.9 Å². The lowest BCUT2D eigenvalue weighted by atomic mass is 10.1. The van der Waals surface area contributed by atoms with Crippen molar-refractivity contribution in [3.63, 3.8) is 0 Å². The maximum atomic E-state index is 5.24. The molecule has 7 heteroatoms. The van der Waals surface area contributed by atoms with Crippen LogP contribution in [0.2, 0.25) is 0 Å². The molecule has 0 saturated carbocycles. The lowest BCUT2D eigenvalue weighted by molar-refractivity contribution is 0.415. The van der Waals surface area contributed by atoms with Crippen LogP contribution in [0.1, 0.15) is 12.5 Å². The van der Waals surface area contributed by atoms with Gasteiger partial charge in [0.1, 0.15) is 11.4 Å². The van der Waals surface area contributed by atoms with E-state index in [-0.39, 0.29) is 0 Å². The van der Waals surface area contributed by atoms with Gasteiger partial charge in [-0.1, -0.05) is 18.2 Å². The van der Waals surface area contributed by atoms with E-state index < -0.39 is 0 Å². The second-order valence-corrected chi connectivity index (χ2v) is 6.08. The first-order valence-corrected chi connectivity index (χ1v) is 8.98. The number of hydrogen-bond acceptors (Lipinski definition) is 4. The third kappa shape index (κ3) is 4.71. The molecule has 0 atom stereocenters. The average molecular weight is 379 g/mol. The fourth-order valence-electron chi connectivity index (χ4n) is 2.53. The van der Waals surface area contributed by atoms with E-state index in [4.69, 9.17) is 22.1 Å². The van der Waals surface area contributed by atoms with Gasteiger partial charge in [-0.2, -0.15) is 10.2 Å². The van der Waals surface area contributed by atoms with Gasteiger partial charge in [-0.3, -0.25) is 5.43 Å². The van der Waals surface area contributed by atoms with Crippen molar-refractivity contribution in [3.8, 4) is 22.7 Å². The quantitative estimate of drug-likeness (QED) is 0.391. The van der Waals surface area contributed by atoms with Gasteiger partial charge in [0.05, 0.1) is 19.0 Å². The van der Waals surface area contributed by atoms with E-state index in [0.717, 1.165) is 34.8 Å². The number of para-hydroxylation sites is 1. The Bertz CT molecular complexity index is 919. The summed E-state index contributed by atoms with van der Waals surface area (Å²) in [7, 11) is 1.65. The second-order valence-electron chi connectivity index (χ2n) is 5.67. The zero-order valence-corrected chi connectivity index (χ0v) is 16.0. The molecular weight excluding hydrogens is 358 g/mol. The van der Waals surface area contributed by atoms with Crippen LogP contribution < -0.4 is 15.5 Å². The van der Waals surface area contributed by atoms with Crippen molar-refractivity contribution in [3.05, 3.63) is 66.4 Å². The monoisotopic (exact) mass is 379 g/mol. The predicted octanol–water partition coefficient (Wildman–Crippen LogP) is 3.37. The molecule has 2 N–H and O–H groups in total. The summed E-state index contributed by atoms with van der Waals surface area (Å²) < 4.78 is 7.08. The van der Waals surface area contributed by atoms with E-state index >= 15 is 0 Å². The molecular formula is C20H21N5OS. The molecule has 1 heterocycles. The van der Waals surface area contributed by atoms with Crippen molar-refractivity contribution in [2.75, 3.05) is 13.7 Å². The Balaban J connectivity index is 1.94. The molecule has 0 aliphatic rings. The van der Waals surface area contributed by atoms with Crippen LogP contribution in [0.3, 0.4) is 0 Å². The standard InChI is InChI=1S/C20H21N5OS/c1-3-21-20(27)23-22-13-16-14-25(17-7-5-4-6-8-17)24-19(16)15-9-11-18(26-2)12-10-15/h4-14H,3H2,1-2H3,(H2,21,23,27)/b22-13-. The van der Waals surface area contributed by atoms with Gasteiger partial charge in [0.15, 0.2) is 5.11 Å². The van der Waals surface area contributed by atoms with E-state index in [2.05, 4.69) is 15.8 Å². The minimum Gasteiger partial charge on any atom is -0.497 e. The molecule has 1 aromatic heterocycles. The first-order chi connectivity index (χ1) is 13.2. The second kappa shape index (κ2) is 8.95. The molecule has 0 radical (unpaired) electrons. The molecule has 27 heavy (non-hydrogen) atoms. The van der Waals surface area contributed by atoms with E-state index in [9.17, 15) is 0 Å². The molecule has 3 aromatic rings. The van der Waals surface area contributed by atoms with E-state index in [0.29, 0.717) is 5.11 Å². The summed E-state index contributed by atoms with van der Waals surface area (Å²) in [5, 5.41) is 12.5. The van der Waals surface area contributed by atoms with Gasteiger partial charge in [-0.25, -0.2) is 4.68 Å². The van der Waals surface area contributed by atoms with E-state index in [1.165, 1.54) is 0 Å². The number of hydrazone groups is 1. The Morgan fingerprint density at radius 2 is 1.93 bits per heavy atom. The molecule has 138 valence electrons. The zero-order chi connectivity index (χ0) is 19.1. The number of thiocarbonyl (C=S) groups is 1. The van der Waals surface area contributed by atoms with Gasteiger partial charge < -0.3 is 10.1 Å². The van der Waals surface area contributed by atoms with Gasteiger partial charge in [0, 0.05) is 23.9 Å². The molecule has 3 rings (SSSR count). The SMILES string of the molecule is CCNC(=S)N/N=C\c1cn(-c2ccccc2)nc1-c1ccc(OC)cc1. The Morgan fingerprint density at radius 3 is 2.59 bits per heavy atom. The molecule has 0 spiro atoms. The fraction of sp³-hybridized carbons (Fsp3) is 0.150. The number of methoxy groups -OCH3 is 1. The Morgan fingerprint density at radius 1 is 1.19 bits per heavy atom. The number of nitrogens with one attached hydrogen (secondary N) is 2. The van der Waals surface area contributed by atoms with Crippen molar-refractivity contribution in [2.24, 2.45) is 5.10 Å². The summed E-state index contributed by atoms with van der Waals surface area (Å²) in [5.74, 6) is 0.800. The van der Waals surface area contributed by atoms with Gasteiger partial charge in [-0.05, 0) is 55.5 Å². The zero-order valence-electron chi connectivity index (χ0n) is 15.2. The van der Waals surface area contributed by atoms with Crippen LogP contribution in [0.4, 0.5) is 0 Å². The maximum absolute atomic E-state index is 5.24. The average Bonchev–Trinajstić information content (AvgIpc) is 3.13. The largest absolute Gasteiger partial charge is 0.497 e. The third-order valence-corrected chi connectivity index (χ3v) is 4.07. The van der Waals surface area contributed by atoms with E-state index in [1.807, 2.05) is 72.4 Å². The van der Waals surface area contributed by atoms with Crippen molar-refractivity contribution in [1.82, 2.24) is 20.5 Å². The first kappa shape index (κ1) is 18.6.